The molecule has 1 heterocycles. The molecule has 5 nitrogen and oxygen atoms in total. The summed E-state index contributed by atoms with van der Waals surface area (Å²) < 4.78 is 10.6. The van der Waals surface area contributed by atoms with Gasteiger partial charge in [0.25, 0.3) is 0 Å². The number of hydrogen-bond donors (Lipinski definition) is 3. The highest BCUT2D eigenvalue weighted by atomic mass is 32.2. The summed E-state index contributed by atoms with van der Waals surface area (Å²) in [7, 11) is 3.21. The number of ether oxygens (including phenoxy) is 2. The summed E-state index contributed by atoms with van der Waals surface area (Å²) in [5.74, 6) is 1.63. The number of benzene rings is 2. The third-order valence-corrected chi connectivity index (χ3v) is 6.20. The third kappa shape index (κ3) is 4.74. The van der Waals surface area contributed by atoms with Gasteiger partial charge in [-0.05, 0) is 67.3 Å². The standard InChI is InChI=1S/C22H29NO4S/c1-26-19-11-6-15(13-20(19)27-2)22(25)17-9-8-16(23-17)7-4-14-5-10-18(24)21(12-14)28-3/h5-6,10-13,16-17,22-25H,4,7-9H2,1-3H3. The lowest BCUT2D eigenvalue weighted by atomic mass is 10.00. The maximum absolute atomic E-state index is 10.8. The highest BCUT2D eigenvalue weighted by Crippen LogP contribution is 2.34. The lowest BCUT2D eigenvalue weighted by Gasteiger charge is -2.21. The van der Waals surface area contributed by atoms with Crippen molar-refractivity contribution in [3.63, 3.8) is 0 Å². The van der Waals surface area contributed by atoms with Crippen molar-refractivity contribution in [2.75, 3.05) is 20.5 Å². The number of nitrogens with one attached hydrogen (secondary N) is 1. The van der Waals surface area contributed by atoms with Gasteiger partial charge in [0.05, 0.1) is 20.3 Å². The van der Waals surface area contributed by atoms with E-state index in [2.05, 4.69) is 11.4 Å². The topological polar surface area (TPSA) is 71.0 Å². The first-order valence-electron chi connectivity index (χ1n) is 9.57. The van der Waals surface area contributed by atoms with E-state index in [4.69, 9.17) is 9.47 Å². The lowest BCUT2D eigenvalue weighted by molar-refractivity contribution is 0.134. The molecule has 152 valence electrons. The number of aliphatic hydroxyl groups is 1. The summed E-state index contributed by atoms with van der Waals surface area (Å²) in [4.78, 5) is 0.915. The maximum atomic E-state index is 10.8. The minimum atomic E-state index is -0.582. The molecule has 0 saturated carbocycles. The van der Waals surface area contributed by atoms with Crippen molar-refractivity contribution < 1.29 is 19.7 Å². The molecule has 2 aromatic carbocycles. The quantitative estimate of drug-likeness (QED) is 0.581. The zero-order valence-corrected chi connectivity index (χ0v) is 17.5. The molecule has 0 bridgehead atoms. The SMILES string of the molecule is COc1ccc(C(O)C2CCC(CCc3ccc(O)c(SC)c3)N2)cc1OC. The molecule has 3 unspecified atom stereocenters. The van der Waals surface area contributed by atoms with Crippen LogP contribution in [-0.2, 0) is 6.42 Å². The normalized spacial score (nSPS) is 20.1. The largest absolute Gasteiger partial charge is 0.507 e. The number of phenols is 1. The van der Waals surface area contributed by atoms with E-state index in [1.807, 2.05) is 30.5 Å². The van der Waals surface area contributed by atoms with Crippen LogP contribution < -0.4 is 14.8 Å². The second kappa shape index (κ2) is 9.54. The van der Waals surface area contributed by atoms with E-state index < -0.39 is 6.10 Å². The molecule has 28 heavy (non-hydrogen) atoms. The molecule has 3 N–H and O–H groups in total. The van der Waals surface area contributed by atoms with Crippen LogP contribution in [0.15, 0.2) is 41.3 Å². The summed E-state index contributed by atoms with van der Waals surface area (Å²) in [5.41, 5.74) is 2.06. The first-order chi connectivity index (χ1) is 13.5. The zero-order valence-electron chi connectivity index (χ0n) is 16.6. The Morgan fingerprint density at radius 1 is 1.11 bits per heavy atom. The van der Waals surface area contributed by atoms with Gasteiger partial charge in [-0.3, -0.25) is 0 Å². The molecule has 0 aromatic heterocycles. The van der Waals surface area contributed by atoms with Crippen LogP contribution >= 0.6 is 11.8 Å². The minimum Gasteiger partial charge on any atom is -0.507 e. The molecule has 0 spiro atoms. The van der Waals surface area contributed by atoms with Crippen molar-refractivity contribution in [3.05, 3.63) is 47.5 Å². The Balaban J connectivity index is 1.57. The molecule has 0 aliphatic carbocycles. The van der Waals surface area contributed by atoms with Gasteiger partial charge in [0.2, 0.25) is 0 Å². The average Bonchev–Trinajstić information content (AvgIpc) is 3.21. The van der Waals surface area contributed by atoms with Gasteiger partial charge in [0.15, 0.2) is 11.5 Å². The summed E-state index contributed by atoms with van der Waals surface area (Å²) in [6.45, 7) is 0. The third-order valence-electron chi connectivity index (χ3n) is 5.43. The number of phenolic OH excluding ortho intramolecular Hbond substituents is 1. The van der Waals surface area contributed by atoms with Crippen molar-refractivity contribution in [2.45, 2.75) is 48.8 Å². The average molecular weight is 404 g/mol. The van der Waals surface area contributed by atoms with Crippen LogP contribution in [0.4, 0.5) is 0 Å². The first kappa shape index (κ1) is 20.8. The Labute approximate surface area is 171 Å². The Morgan fingerprint density at radius 2 is 1.89 bits per heavy atom. The van der Waals surface area contributed by atoms with E-state index in [0.29, 0.717) is 23.3 Å². The van der Waals surface area contributed by atoms with Crippen LogP contribution in [-0.4, -0.2) is 42.8 Å². The molecule has 0 amide bonds. The summed E-state index contributed by atoms with van der Waals surface area (Å²) >= 11 is 1.56. The molecular weight excluding hydrogens is 374 g/mol. The predicted octanol–water partition coefficient (Wildman–Crippen LogP) is 3.92. The molecular formula is C22H29NO4S. The number of methoxy groups -OCH3 is 2. The highest BCUT2D eigenvalue weighted by Gasteiger charge is 2.30. The number of aromatic hydroxyl groups is 1. The van der Waals surface area contributed by atoms with Gasteiger partial charge in [0, 0.05) is 17.0 Å². The van der Waals surface area contributed by atoms with Gasteiger partial charge in [-0.25, -0.2) is 0 Å². The van der Waals surface area contributed by atoms with Gasteiger partial charge < -0.3 is 25.0 Å². The molecule has 2 aromatic rings. The Morgan fingerprint density at radius 3 is 2.61 bits per heavy atom. The second-order valence-electron chi connectivity index (χ2n) is 7.15. The Bertz CT molecular complexity index is 798. The van der Waals surface area contributed by atoms with Crippen LogP contribution in [0.25, 0.3) is 0 Å². The van der Waals surface area contributed by atoms with Gasteiger partial charge >= 0.3 is 0 Å². The smallest absolute Gasteiger partial charge is 0.161 e. The van der Waals surface area contributed by atoms with Crippen LogP contribution in [0.2, 0.25) is 0 Å². The van der Waals surface area contributed by atoms with Gasteiger partial charge in [0.1, 0.15) is 5.75 Å². The number of aryl methyl sites for hydroxylation is 1. The summed E-state index contributed by atoms with van der Waals surface area (Å²) in [6.07, 6.45) is 5.33. The molecule has 1 aliphatic heterocycles. The van der Waals surface area contributed by atoms with Gasteiger partial charge in [-0.1, -0.05) is 12.1 Å². The summed E-state index contributed by atoms with van der Waals surface area (Å²) in [5, 5.41) is 24.2. The number of rotatable bonds is 8. The molecule has 3 atom stereocenters. The fourth-order valence-corrected chi connectivity index (χ4v) is 4.36. The number of thioether (sulfide) groups is 1. The van der Waals surface area contributed by atoms with Crippen molar-refractivity contribution in [2.24, 2.45) is 0 Å². The predicted molar refractivity (Wildman–Crippen MR) is 113 cm³/mol. The van der Waals surface area contributed by atoms with E-state index in [1.165, 1.54) is 5.56 Å². The lowest BCUT2D eigenvalue weighted by Crippen LogP contribution is -2.34. The van der Waals surface area contributed by atoms with Gasteiger partial charge in [-0.2, -0.15) is 0 Å². The fourth-order valence-electron chi connectivity index (χ4n) is 3.81. The monoisotopic (exact) mass is 403 g/mol. The maximum Gasteiger partial charge on any atom is 0.161 e. The minimum absolute atomic E-state index is 0.0321. The van der Waals surface area contributed by atoms with Crippen molar-refractivity contribution in [1.82, 2.24) is 5.32 Å². The van der Waals surface area contributed by atoms with E-state index in [9.17, 15) is 10.2 Å². The van der Waals surface area contributed by atoms with Crippen molar-refractivity contribution >= 4 is 11.8 Å². The molecule has 3 rings (SSSR count). The molecule has 1 fully saturated rings. The van der Waals surface area contributed by atoms with Crippen LogP contribution in [0, 0.1) is 0 Å². The van der Waals surface area contributed by atoms with E-state index in [0.717, 1.165) is 36.1 Å². The summed E-state index contributed by atoms with van der Waals surface area (Å²) in [6, 6.07) is 11.8. The van der Waals surface area contributed by atoms with Crippen LogP contribution in [0.3, 0.4) is 0 Å². The molecule has 6 heteroatoms. The Kier molecular flexibility index (Phi) is 7.10. The molecule has 0 radical (unpaired) electrons. The van der Waals surface area contributed by atoms with Gasteiger partial charge in [-0.15, -0.1) is 11.8 Å². The Hall–Kier alpha value is -1.89. The zero-order chi connectivity index (χ0) is 20.1. The molecule has 1 aliphatic rings. The second-order valence-corrected chi connectivity index (χ2v) is 8.00. The number of hydrogen-bond acceptors (Lipinski definition) is 6. The van der Waals surface area contributed by atoms with E-state index in [1.54, 1.807) is 32.0 Å². The van der Waals surface area contributed by atoms with Crippen LogP contribution in [0.5, 0.6) is 17.2 Å². The number of aliphatic hydroxyl groups excluding tert-OH is 1. The van der Waals surface area contributed by atoms with Crippen molar-refractivity contribution in [3.8, 4) is 17.2 Å². The highest BCUT2D eigenvalue weighted by molar-refractivity contribution is 7.98. The fraction of sp³-hybridized carbons (Fsp3) is 0.455. The molecule has 1 saturated heterocycles. The van der Waals surface area contributed by atoms with E-state index in [-0.39, 0.29) is 6.04 Å². The first-order valence-corrected chi connectivity index (χ1v) is 10.8. The van der Waals surface area contributed by atoms with Crippen LogP contribution in [0.1, 0.15) is 36.5 Å². The van der Waals surface area contributed by atoms with E-state index >= 15 is 0 Å². The van der Waals surface area contributed by atoms with Crippen molar-refractivity contribution in [1.29, 1.82) is 0 Å².